The molecular weight excluding hydrogens is 468 g/mol. The van der Waals surface area contributed by atoms with Crippen molar-refractivity contribution in [2.75, 3.05) is 53.4 Å². The van der Waals surface area contributed by atoms with Gasteiger partial charge in [0, 0.05) is 51.4 Å². The molecule has 3 atom stereocenters. The van der Waals surface area contributed by atoms with Gasteiger partial charge in [0.05, 0.1) is 5.60 Å². The summed E-state index contributed by atoms with van der Waals surface area (Å²) in [6.45, 7) is 9.22. The minimum absolute atomic E-state index is 0.0468. The molecule has 4 amide bonds. The number of hydrogen-bond donors (Lipinski definition) is 5. The fourth-order valence-corrected chi connectivity index (χ4v) is 5.81. The molecule has 1 unspecified atom stereocenters. The predicted molar refractivity (Wildman–Crippen MR) is 151 cm³/mol. The number of likely N-dealkylation sites (N-methyl/N-ethyl adjacent to an activating group) is 2. The number of nitrogens with one attached hydrogen (secondary N) is 4. The molecule has 2 saturated heterocycles. The SMILES string of the molecule is CCC1CCCN(C(=O)N[C@@H](C)CNC)C1.CN[C@H](CNC(=O)N1CCCCC1)CC1(O)CCCCC1. The lowest BCUT2D eigenvalue weighted by Gasteiger charge is -2.35. The largest absolute Gasteiger partial charge is 0.390 e. The summed E-state index contributed by atoms with van der Waals surface area (Å²) in [6.07, 6.45) is 13.0. The molecule has 0 aromatic heterocycles. The van der Waals surface area contributed by atoms with Crippen molar-refractivity contribution in [3.8, 4) is 0 Å². The molecule has 37 heavy (non-hydrogen) atoms. The molecular formula is C28H56N6O3. The lowest BCUT2D eigenvalue weighted by atomic mass is 9.80. The van der Waals surface area contributed by atoms with Crippen LogP contribution in [0.4, 0.5) is 9.59 Å². The zero-order valence-corrected chi connectivity index (χ0v) is 24.1. The zero-order chi connectivity index (χ0) is 27.1. The summed E-state index contributed by atoms with van der Waals surface area (Å²) in [4.78, 5) is 27.9. The Kier molecular flexibility index (Phi) is 14.6. The van der Waals surface area contributed by atoms with Crippen LogP contribution in [0, 0.1) is 5.92 Å². The Morgan fingerprint density at radius 3 is 2.19 bits per heavy atom. The van der Waals surface area contributed by atoms with Gasteiger partial charge in [-0.2, -0.15) is 0 Å². The minimum Gasteiger partial charge on any atom is -0.390 e. The van der Waals surface area contributed by atoms with Gasteiger partial charge in [0.25, 0.3) is 0 Å². The highest BCUT2D eigenvalue weighted by molar-refractivity contribution is 5.74. The number of amides is 4. The number of piperidine rings is 2. The van der Waals surface area contributed by atoms with Gasteiger partial charge < -0.3 is 36.2 Å². The van der Waals surface area contributed by atoms with Crippen LogP contribution in [0.1, 0.15) is 90.9 Å². The first-order valence-corrected chi connectivity index (χ1v) is 14.9. The van der Waals surface area contributed by atoms with E-state index < -0.39 is 5.60 Å². The molecule has 9 heteroatoms. The van der Waals surface area contributed by atoms with E-state index in [4.69, 9.17) is 0 Å². The zero-order valence-electron chi connectivity index (χ0n) is 24.1. The van der Waals surface area contributed by atoms with Crippen molar-refractivity contribution >= 4 is 12.1 Å². The van der Waals surface area contributed by atoms with Crippen LogP contribution in [0.15, 0.2) is 0 Å². The number of rotatable bonds is 9. The average molecular weight is 525 g/mol. The summed E-state index contributed by atoms with van der Waals surface area (Å²) in [6, 6.07) is 0.479. The minimum atomic E-state index is -0.540. The molecule has 0 aromatic rings. The van der Waals surface area contributed by atoms with Crippen molar-refractivity contribution in [1.82, 2.24) is 31.1 Å². The van der Waals surface area contributed by atoms with E-state index in [1.165, 1.54) is 25.7 Å². The topological polar surface area (TPSA) is 109 Å². The van der Waals surface area contributed by atoms with E-state index in [2.05, 4.69) is 28.2 Å². The highest BCUT2D eigenvalue weighted by atomic mass is 16.3. The van der Waals surface area contributed by atoms with E-state index in [-0.39, 0.29) is 24.1 Å². The summed E-state index contributed by atoms with van der Waals surface area (Å²) < 4.78 is 0. The van der Waals surface area contributed by atoms with Crippen molar-refractivity contribution in [3.63, 3.8) is 0 Å². The molecule has 1 saturated carbocycles. The number of urea groups is 2. The molecule has 3 rings (SSSR count). The fourth-order valence-electron chi connectivity index (χ4n) is 5.81. The monoisotopic (exact) mass is 524 g/mol. The van der Waals surface area contributed by atoms with E-state index in [1.54, 1.807) is 0 Å². The van der Waals surface area contributed by atoms with Crippen molar-refractivity contribution in [1.29, 1.82) is 0 Å². The lowest BCUT2D eigenvalue weighted by Crippen LogP contribution is -2.49. The summed E-state index contributed by atoms with van der Waals surface area (Å²) in [5, 5.41) is 23.0. The molecule has 2 aliphatic heterocycles. The molecule has 0 spiro atoms. The third-order valence-corrected chi connectivity index (χ3v) is 8.23. The second-order valence-corrected chi connectivity index (χ2v) is 11.5. The third kappa shape index (κ3) is 11.8. The summed E-state index contributed by atoms with van der Waals surface area (Å²) >= 11 is 0. The molecule has 1 aliphatic carbocycles. The number of carbonyl (C=O) groups excluding carboxylic acids is 2. The molecule has 3 aliphatic rings. The van der Waals surface area contributed by atoms with Crippen molar-refractivity contribution < 1.29 is 14.7 Å². The first-order chi connectivity index (χ1) is 17.8. The van der Waals surface area contributed by atoms with Gasteiger partial charge in [-0.25, -0.2) is 9.59 Å². The van der Waals surface area contributed by atoms with Gasteiger partial charge in [-0.3, -0.25) is 0 Å². The van der Waals surface area contributed by atoms with E-state index in [1.807, 2.05) is 30.8 Å². The first kappa shape index (κ1) is 31.6. The van der Waals surface area contributed by atoms with Crippen molar-refractivity contribution in [2.45, 2.75) is 109 Å². The third-order valence-electron chi connectivity index (χ3n) is 8.23. The molecule has 5 N–H and O–H groups in total. The second-order valence-electron chi connectivity index (χ2n) is 11.5. The number of nitrogens with zero attached hydrogens (tertiary/aromatic N) is 2. The van der Waals surface area contributed by atoms with Crippen LogP contribution >= 0.6 is 0 Å². The second kappa shape index (κ2) is 17.1. The molecule has 0 bridgehead atoms. The smallest absolute Gasteiger partial charge is 0.317 e. The van der Waals surface area contributed by atoms with Gasteiger partial charge in [-0.1, -0.05) is 32.6 Å². The van der Waals surface area contributed by atoms with Gasteiger partial charge in [0.15, 0.2) is 0 Å². The molecule has 0 radical (unpaired) electrons. The highest BCUT2D eigenvalue weighted by Gasteiger charge is 2.32. The van der Waals surface area contributed by atoms with Crippen LogP contribution in [0.5, 0.6) is 0 Å². The van der Waals surface area contributed by atoms with Crippen LogP contribution in [-0.2, 0) is 0 Å². The van der Waals surface area contributed by atoms with Crippen molar-refractivity contribution in [2.24, 2.45) is 5.92 Å². The standard InChI is InChI=1S/C16H31N3O2.C12H25N3O/c1-17-14(12-16(21)8-4-2-5-9-16)13-18-15(20)19-10-6-3-7-11-19;1-4-11-6-5-7-15(9-11)12(16)14-10(2)8-13-3/h14,17,21H,2-13H2,1H3,(H,18,20);10-11,13H,4-9H2,1-3H3,(H,14,16)/t14-;10-,11?/m00/s1. The Labute approximate surface area is 225 Å². The first-order valence-electron chi connectivity index (χ1n) is 14.9. The van der Waals surface area contributed by atoms with Crippen LogP contribution in [0.2, 0.25) is 0 Å². The summed E-state index contributed by atoms with van der Waals surface area (Å²) in [7, 11) is 3.81. The Morgan fingerprint density at radius 2 is 1.57 bits per heavy atom. The average Bonchev–Trinajstić information content (AvgIpc) is 2.92. The van der Waals surface area contributed by atoms with Gasteiger partial charge in [-0.15, -0.1) is 0 Å². The molecule has 3 fully saturated rings. The van der Waals surface area contributed by atoms with E-state index in [0.29, 0.717) is 12.5 Å². The summed E-state index contributed by atoms with van der Waals surface area (Å²) in [5.41, 5.74) is -0.540. The van der Waals surface area contributed by atoms with E-state index in [0.717, 1.165) is 84.1 Å². The van der Waals surface area contributed by atoms with Gasteiger partial charge in [-0.05, 0) is 78.3 Å². The number of likely N-dealkylation sites (tertiary alicyclic amines) is 2. The van der Waals surface area contributed by atoms with Crippen LogP contribution in [0.25, 0.3) is 0 Å². The van der Waals surface area contributed by atoms with E-state index in [9.17, 15) is 14.7 Å². The number of carbonyl (C=O) groups is 2. The van der Waals surface area contributed by atoms with Gasteiger partial charge in [0.1, 0.15) is 0 Å². The van der Waals surface area contributed by atoms with Crippen LogP contribution in [0.3, 0.4) is 0 Å². The Morgan fingerprint density at radius 1 is 0.919 bits per heavy atom. The van der Waals surface area contributed by atoms with Gasteiger partial charge in [0.2, 0.25) is 0 Å². The molecule has 2 heterocycles. The van der Waals surface area contributed by atoms with Gasteiger partial charge >= 0.3 is 12.1 Å². The van der Waals surface area contributed by atoms with Crippen molar-refractivity contribution in [3.05, 3.63) is 0 Å². The van der Waals surface area contributed by atoms with Crippen LogP contribution in [-0.4, -0.2) is 98.0 Å². The number of hydrogen-bond acceptors (Lipinski definition) is 5. The Hall–Kier alpha value is -1.58. The van der Waals surface area contributed by atoms with E-state index >= 15 is 0 Å². The molecule has 9 nitrogen and oxygen atoms in total. The predicted octanol–water partition coefficient (Wildman–Crippen LogP) is 3.28. The summed E-state index contributed by atoms with van der Waals surface area (Å²) in [5.74, 6) is 0.694. The maximum Gasteiger partial charge on any atom is 0.317 e. The maximum atomic E-state index is 12.1. The lowest BCUT2D eigenvalue weighted by molar-refractivity contribution is -0.0115. The normalized spacial score (nSPS) is 23.3. The highest BCUT2D eigenvalue weighted by Crippen LogP contribution is 2.31. The quantitative estimate of drug-likeness (QED) is 0.318. The maximum absolute atomic E-state index is 12.1. The van der Waals surface area contributed by atoms with Crippen LogP contribution < -0.4 is 21.3 Å². The molecule has 0 aromatic carbocycles. The number of aliphatic hydroxyl groups is 1. The fraction of sp³-hybridized carbons (Fsp3) is 0.929. The molecule has 216 valence electrons. The Bertz CT molecular complexity index is 652. The Balaban J connectivity index is 0.000000271.